The van der Waals surface area contributed by atoms with Crippen LogP contribution in [0.15, 0.2) is 77.7 Å². The van der Waals surface area contributed by atoms with Gasteiger partial charge in [0.1, 0.15) is 12.6 Å². The lowest BCUT2D eigenvalue weighted by molar-refractivity contribution is -0.139. The Bertz CT molecular complexity index is 1360. The highest BCUT2D eigenvalue weighted by atomic mass is 35.5. The average Bonchev–Trinajstić information content (AvgIpc) is 2.87. The molecule has 0 saturated heterocycles. The molecule has 0 aliphatic carbocycles. The van der Waals surface area contributed by atoms with Crippen LogP contribution < -0.4 is 9.62 Å². The molecule has 0 bridgehead atoms. The molecule has 38 heavy (non-hydrogen) atoms. The molecule has 0 radical (unpaired) electrons. The number of anilines is 1. The number of benzene rings is 3. The van der Waals surface area contributed by atoms with Crippen molar-refractivity contribution < 1.29 is 18.0 Å². The van der Waals surface area contributed by atoms with Crippen molar-refractivity contribution >= 4 is 62.3 Å². The second kappa shape index (κ2) is 12.8. The number of carbonyl (C=O) groups excluding carboxylic acids is 2. The number of hydrogen-bond donors (Lipinski definition) is 1. The van der Waals surface area contributed by atoms with Gasteiger partial charge in [0.05, 0.1) is 10.6 Å². The molecule has 3 rings (SSSR count). The van der Waals surface area contributed by atoms with E-state index in [1.807, 2.05) is 0 Å². The van der Waals surface area contributed by atoms with Crippen LogP contribution in [0.4, 0.5) is 5.69 Å². The van der Waals surface area contributed by atoms with Gasteiger partial charge in [0, 0.05) is 33.2 Å². The van der Waals surface area contributed by atoms with E-state index in [9.17, 15) is 18.0 Å². The van der Waals surface area contributed by atoms with E-state index in [1.165, 1.54) is 41.3 Å². The Kier molecular flexibility index (Phi) is 10.1. The fraction of sp³-hybridized carbons (Fsp3) is 0.259. The minimum atomic E-state index is -4.16. The summed E-state index contributed by atoms with van der Waals surface area (Å²) in [7, 11) is -4.16. The number of carbonyl (C=O) groups is 2. The molecule has 0 heterocycles. The summed E-state index contributed by atoms with van der Waals surface area (Å²) in [5.41, 5.74) is 0.680. The summed E-state index contributed by atoms with van der Waals surface area (Å²) in [6.07, 6.45) is 0. The van der Waals surface area contributed by atoms with Crippen LogP contribution in [-0.4, -0.2) is 43.8 Å². The topological polar surface area (TPSA) is 86.8 Å². The van der Waals surface area contributed by atoms with Gasteiger partial charge in [-0.05, 0) is 69.3 Å². The minimum Gasteiger partial charge on any atom is -0.352 e. The van der Waals surface area contributed by atoms with E-state index in [0.29, 0.717) is 20.6 Å². The van der Waals surface area contributed by atoms with Crippen molar-refractivity contribution in [2.45, 2.75) is 44.3 Å². The number of amides is 2. The molecule has 7 nitrogen and oxygen atoms in total. The van der Waals surface area contributed by atoms with Crippen LogP contribution in [0.2, 0.25) is 15.1 Å². The summed E-state index contributed by atoms with van der Waals surface area (Å²) < 4.78 is 28.4. The van der Waals surface area contributed by atoms with E-state index in [2.05, 4.69) is 5.32 Å². The molecule has 1 atom stereocenters. The van der Waals surface area contributed by atoms with Gasteiger partial charge in [0.25, 0.3) is 10.0 Å². The van der Waals surface area contributed by atoms with E-state index < -0.39 is 34.4 Å². The maximum absolute atomic E-state index is 13.9. The number of rotatable bonds is 10. The largest absolute Gasteiger partial charge is 0.352 e. The lowest BCUT2D eigenvalue weighted by Gasteiger charge is -2.32. The maximum atomic E-state index is 13.9. The summed E-state index contributed by atoms with van der Waals surface area (Å²) in [5.74, 6) is -1.03. The third-order valence-electron chi connectivity index (χ3n) is 5.71. The van der Waals surface area contributed by atoms with Crippen LogP contribution in [0, 0.1) is 0 Å². The van der Waals surface area contributed by atoms with Gasteiger partial charge in [0.2, 0.25) is 11.8 Å². The highest BCUT2D eigenvalue weighted by Gasteiger charge is 2.33. The number of hydrogen-bond acceptors (Lipinski definition) is 4. The molecule has 3 aromatic rings. The first-order valence-electron chi connectivity index (χ1n) is 11.8. The summed E-state index contributed by atoms with van der Waals surface area (Å²) in [6, 6.07) is 17.7. The van der Waals surface area contributed by atoms with Crippen LogP contribution in [-0.2, 0) is 26.2 Å². The number of sulfonamides is 1. The smallest absolute Gasteiger partial charge is 0.264 e. The average molecular weight is 597 g/mol. The molecule has 11 heteroatoms. The van der Waals surface area contributed by atoms with Crippen molar-refractivity contribution in [3.63, 3.8) is 0 Å². The second-order valence-electron chi connectivity index (χ2n) is 8.86. The Balaban J connectivity index is 2.05. The molecule has 0 spiro atoms. The lowest BCUT2D eigenvalue weighted by atomic mass is 10.1. The Hall–Kier alpha value is -2.78. The van der Waals surface area contributed by atoms with Crippen molar-refractivity contribution in [2.24, 2.45) is 0 Å². The van der Waals surface area contributed by atoms with Crippen molar-refractivity contribution in [3.8, 4) is 0 Å². The van der Waals surface area contributed by atoms with Crippen molar-refractivity contribution in [2.75, 3.05) is 10.8 Å². The van der Waals surface area contributed by atoms with Gasteiger partial charge in [-0.2, -0.15) is 0 Å². The quantitative estimate of drug-likeness (QED) is 0.321. The van der Waals surface area contributed by atoms with Gasteiger partial charge in [0.15, 0.2) is 0 Å². The van der Waals surface area contributed by atoms with Gasteiger partial charge < -0.3 is 10.2 Å². The fourth-order valence-electron chi connectivity index (χ4n) is 3.70. The number of halogens is 3. The van der Waals surface area contributed by atoms with Gasteiger partial charge >= 0.3 is 0 Å². The highest BCUT2D eigenvalue weighted by Crippen LogP contribution is 2.28. The Morgan fingerprint density at radius 1 is 0.842 bits per heavy atom. The first kappa shape index (κ1) is 29.8. The standard InChI is InChI=1S/C27H28Cl3N3O4S/c1-18(2)31-27(35)19(3)32(16-23-24(29)10-7-11-25(23)30)26(34)17-33(21-14-12-20(28)13-15-21)38(36,37)22-8-5-4-6-9-22/h4-15,18-19H,16-17H2,1-3H3,(H,31,35)/t19-/m0/s1. The molecule has 202 valence electrons. The minimum absolute atomic E-state index is 0.00838. The molecule has 0 aromatic heterocycles. The molecule has 2 amide bonds. The van der Waals surface area contributed by atoms with Crippen molar-refractivity contribution in [1.29, 1.82) is 0 Å². The van der Waals surface area contributed by atoms with Gasteiger partial charge in [-0.25, -0.2) is 8.42 Å². The summed E-state index contributed by atoms with van der Waals surface area (Å²) in [5, 5.41) is 3.84. The zero-order chi connectivity index (χ0) is 28.0. The van der Waals surface area contributed by atoms with E-state index >= 15 is 0 Å². The molecule has 0 aliphatic heterocycles. The third-order valence-corrected chi connectivity index (χ3v) is 8.46. The molecular weight excluding hydrogens is 569 g/mol. The lowest BCUT2D eigenvalue weighted by Crippen LogP contribution is -2.52. The van der Waals surface area contributed by atoms with Crippen LogP contribution in [0.3, 0.4) is 0 Å². The summed E-state index contributed by atoms with van der Waals surface area (Å²) in [6.45, 7) is 4.48. The van der Waals surface area contributed by atoms with Gasteiger partial charge in [-0.1, -0.05) is 59.1 Å². The van der Waals surface area contributed by atoms with E-state index in [4.69, 9.17) is 34.8 Å². The predicted octanol–water partition coefficient (Wildman–Crippen LogP) is 5.78. The molecule has 3 aromatic carbocycles. The summed E-state index contributed by atoms with van der Waals surface area (Å²) >= 11 is 18.8. The second-order valence-corrected chi connectivity index (χ2v) is 12.0. The fourth-order valence-corrected chi connectivity index (χ4v) is 5.78. The van der Waals surface area contributed by atoms with Crippen molar-refractivity contribution in [1.82, 2.24) is 10.2 Å². The number of nitrogens with zero attached hydrogens (tertiary/aromatic N) is 2. The van der Waals surface area contributed by atoms with E-state index in [1.54, 1.807) is 57.2 Å². The molecule has 0 unspecified atom stereocenters. The Labute approximate surface area is 238 Å². The highest BCUT2D eigenvalue weighted by molar-refractivity contribution is 7.92. The molecular formula is C27H28Cl3N3O4S. The predicted molar refractivity (Wildman–Crippen MR) is 152 cm³/mol. The van der Waals surface area contributed by atoms with Crippen LogP contribution in [0.1, 0.15) is 26.3 Å². The van der Waals surface area contributed by atoms with E-state index in [-0.39, 0.29) is 23.2 Å². The maximum Gasteiger partial charge on any atom is 0.264 e. The van der Waals surface area contributed by atoms with Crippen LogP contribution >= 0.6 is 34.8 Å². The normalized spacial score (nSPS) is 12.2. The monoisotopic (exact) mass is 595 g/mol. The SMILES string of the molecule is CC(C)NC(=O)[C@H](C)N(Cc1c(Cl)cccc1Cl)C(=O)CN(c1ccc(Cl)cc1)S(=O)(=O)c1ccccc1. The zero-order valence-corrected chi connectivity index (χ0v) is 24.2. The Morgan fingerprint density at radius 2 is 1.42 bits per heavy atom. The number of nitrogens with one attached hydrogen (secondary N) is 1. The van der Waals surface area contributed by atoms with Gasteiger partial charge in [-0.15, -0.1) is 0 Å². The zero-order valence-electron chi connectivity index (χ0n) is 21.1. The molecule has 0 fully saturated rings. The molecule has 0 aliphatic rings. The molecule has 0 saturated carbocycles. The van der Waals surface area contributed by atoms with E-state index in [0.717, 1.165) is 4.31 Å². The van der Waals surface area contributed by atoms with Crippen LogP contribution in [0.25, 0.3) is 0 Å². The summed E-state index contributed by atoms with van der Waals surface area (Å²) in [4.78, 5) is 28.1. The Morgan fingerprint density at radius 3 is 1.97 bits per heavy atom. The van der Waals surface area contributed by atoms with Crippen LogP contribution in [0.5, 0.6) is 0 Å². The first-order valence-corrected chi connectivity index (χ1v) is 14.3. The van der Waals surface area contributed by atoms with Crippen molar-refractivity contribution in [3.05, 3.63) is 93.4 Å². The molecule has 1 N–H and O–H groups in total. The first-order chi connectivity index (χ1) is 17.9. The van der Waals surface area contributed by atoms with Gasteiger partial charge in [-0.3, -0.25) is 13.9 Å². The third kappa shape index (κ3) is 7.20.